The van der Waals surface area contributed by atoms with Crippen LogP contribution in [-0.2, 0) is 10.2 Å². The first kappa shape index (κ1) is 17.8. The molecular weight excluding hydrogens is 324 g/mol. The van der Waals surface area contributed by atoms with Gasteiger partial charge in [-0.1, -0.05) is 37.1 Å². The number of benzene rings is 2. The van der Waals surface area contributed by atoms with Crippen LogP contribution < -0.4 is 10.1 Å². The molecule has 3 rings (SSSR count). The third kappa shape index (κ3) is 3.94. The minimum absolute atomic E-state index is 0.190. The number of methoxy groups -OCH3 is 1. The molecule has 26 heavy (non-hydrogen) atoms. The Morgan fingerprint density at radius 3 is 2.35 bits per heavy atom. The number of carbonyl (C=O) groups is 1. The molecule has 0 aliphatic heterocycles. The summed E-state index contributed by atoms with van der Waals surface area (Å²) in [5.74, 6) is 0.591. The summed E-state index contributed by atoms with van der Waals surface area (Å²) >= 11 is 0. The van der Waals surface area contributed by atoms with Crippen molar-refractivity contribution in [3.63, 3.8) is 0 Å². The molecule has 4 heteroatoms. The van der Waals surface area contributed by atoms with E-state index in [1.54, 1.807) is 13.2 Å². The predicted octanol–water partition coefficient (Wildman–Crippen LogP) is 4.68. The number of anilines is 1. The molecule has 0 radical (unpaired) electrons. The minimum Gasteiger partial charge on any atom is -0.497 e. The number of rotatable bonds is 5. The summed E-state index contributed by atoms with van der Waals surface area (Å²) in [7, 11) is 1.62. The van der Waals surface area contributed by atoms with Crippen LogP contribution in [0.2, 0.25) is 0 Å². The Kier molecular flexibility index (Phi) is 5.38. The van der Waals surface area contributed by atoms with Crippen molar-refractivity contribution in [2.75, 3.05) is 12.4 Å². The van der Waals surface area contributed by atoms with E-state index in [9.17, 15) is 10.1 Å². The summed E-state index contributed by atoms with van der Waals surface area (Å²) in [5.41, 5.74) is 2.35. The zero-order valence-electron chi connectivity index (χ0n) is 14.9. The fourth-order valence-electron chi connectivity index (χ4n) is 3.39. The molecule has 4 nitrogen and oxygen atoms in total. The molecule has 1 aliphatic rings. The average molecular weight is 346 g/mol. The van der Waals surface area contributed by atoms with Crippen molar-refractivity contribution in [2.45, 2.75) is 31.1 Å². The molecule has 0 spiro atoms. The van der Waals surface area contributed by atoms with Gasteiger partial charge >= 0.3 is 0 Å². The molecule has 1 N–H and O–H groups in total. The number of ether oxygens (including phenoxy) is 1. The molecule has 1 fully saturated rings. The Morgan fingerprint density at radius 1 is 1.12 bits per heavy atom. The van der Waals surface area contributed by atoms with Gasteiger partial charge in [-0.3, -0.25) is 4.79 Å². The number of nitrogens with zero attached hydrogens (tertiary/aromatic N) is 1. The van der Waals surface area contributed by atoms with Gasteiger partial charge in [0.25, 0.3) is 0 Å². The van der Waals surface area contributed by atoms with Gasteiger partial charge in [0.05, 0.1) is 18.6 Å². The lowest BCUT2D eigenvalue weighted by Crippen LogP contribution is -2.19. The fraction of sp³-hybridized carbons (Fsp3) is 0.273. The van der Waals surface area contributed by atoms with Crippen LogP contribution in [0.25, 0.3) is 6.08 Å². The largest absolute Gasteiger partial charge is 0.497 e. The molecule has 1 saturated carbocycles. The van der Waals surface area contributed by atoms with Gasteiger partial charge in [0, 0.05) is 11.8 Å². The number of amides is 1. The Morgan fingerprint density at radius 2 is 1.77 bits per heavy atom. The van der Waals surface area contributed by atoms with Gasteiger partial charge < -0.3 is 10.1 Å². The summed E-state index contributed by atoms with van der Waals surface area (Å²) in [6, 6.07) is 17.6. The second-order valence-electron chi connectivity index (χ2n) is 6.57. The van der Waals surface area contributed by atoms with Gasteiger partial charge in [-0.15, -0.1) is 0 Å². The third-order valence-electron chi connectivity index (χ3n) is 4.92. The van der Waals surface area contributed by atoms with Crippen LogP contribution in [-0.4, -0.2) is 13.0 Å². The smallest absolute Gasteiger partial charge is 0.248 e. The van der Waals surface area contributed by atoms with E-state index in [4.69, 9.17) is 4.74 Å². The highest BCUT2D eigenvalue weighted by atomic mass is 16.5. The van der Waals surface area contributed by atoms with E-state index in [-0.39, 0.29) is 11.3 Å². The molecule has 0 heterocycles. The summed E-state index contributed by atoms with van der Waals surface area (Å²) in [4.78, 5) is 12.1. The van der Waals surface area contributed by atoms with Crippen LogP contribution >= 0.6 is 0 Å². The second-order valence-corrected chi connectivity index (χ2v) is 6.57. The minimum atomic E-state index is -0.350. The second kappa shape index (κ2) is 7.88. The first-order chi connectivity index (χ1) is 12.6. The van der Waals surface area contributed by atoms with Crippen molar-refractivity contribution in [3.8, 4) is 11.8 Å². The fourth-order valence-corrected chi connectivity index (χ4v) is 3.39. The SMILES string of the molecule is COc1ccc(/C=C/C(=O)Nc2ccc(C3(C#N)CCCC3)cc2)cc1. The normalized spacial score (nSPS) is 15.5. The summed E-state index contributed by atoms with van der Waals surface area (Å²) in [6.45, 7) is 0. The Balaban J connectivity index is 1.62. The highest BCUT2D eigenvalue weighted by Crippen LogP contribution is 2.40. The van der Waals surface area contributed by atoms with Crippen LogP contribution in [0.3, 0.4) is 0 Å². The zero-order valence-corrected chi connectivity index (χ0v) is 14.9. The van der Waals surface area contributed by atoms with Crippen molar-refractivity contribution in [1.29, 1.82) is 5.26 Å². The van der Waals surface area contributed by atoms with Crippen molar-refractivity contribution in [1.82, 2.24) is 0 Å². The summed E-state index contributed by atoms with van der Waals surface area (Å²) in [5, 5.41) is 12.4. The number of nitriles is 1. The van der Waals surface area contributed by atoms with Crippen molar-refractivity contribution < 1.29 is 9.53 Å². The first-order valence-corrected chi connectivity index (χ1v) is 8.80. The predicted molar refractivity (Wildman–Crippen MR) is 103 cm³/mol. The molecule has 0 atom stereocenters. The maximum Gasteiger partial charge on any atom is 0.248 e. The Labute approximate surface area is 154 Å². The standard InChI is InChI=1S/C22H22N2O2/c1-26-20-11-4-17(5-12-20)6-13-21(25)24-19-9-7-18(8-10-19)22(16-23)14-2-3-15-22/h4-13H,2-3,14-15H2,1H3,(H,24,25)/b13-6+. The zero-order chi connectivity index (χ0) is 18.4. The van der Waals surface area contributed by atoms with Crippen molar-refractivity contribution in [3.05, 3.63) is 65.7 Å². The average Bonchev–Trinajstić information content (AvgIpc) is 3.18. The number of hydrogen-bond donors (Lipinski definition) is 1. The van der Waals surface area contributed by atoms with Gasteiger partial charge in [0.1, 0.15) is 5.75 Å². The van der Waals surface area contributed by atoms with E-state index in [1.807, 2.05) is 48.5 Å². The van der Waals surface area contributed by atoms with Crippen LogP contribution in [0.15, 0.2) is 54.6 Å². The van der Waals surface area contributed by atoms with Crippen molar-refractivity contribution in [2.24, 2.45) is 0 Å². The maximum atomic E-state index is 12.1. The molecule has 2 aromatic rings. The van der Waals surface area contributed by atoms with E-state index in [0.717, 1.165) is 48.2 Å². The number of hydrogen-bond acceptors (Lipinski definition) is 3. The third-order valence-corrected chi connectivity index (χ3v) is 4.92. The van der Waals surface area contributed by atoms with Crippen LogP contribution in [0.1, 0.15) is 36.8 Å². The summed E-state index contributed by atoms with van der Waals surface area (Å²) in [6.07, 6.45) is 7.29. The van der Waals surface area contributed by atoms with Gasteiger partial charge in [0.15, 0.2) is 0 Å². The lowest BCUT2D eigenvalue weighted by molar-refractivity contribution is -0.111. The maximum absolute atomic E-state index is 12.1. The Bertz CT molecular complexity index is 824. The van der Waals surface area contributed by atoms with Crippen LogP contribution in [0.5, 0.6) is 5.75 Å². The first-order valence-electron chi connectivity index (χ1n) is 8.80. The van der Waals surface area contributed by atoms with Gasteiger partial charge in [-0.25, -0.2) is 0 Å². The lowest BCUT2D eigenvalue weighted by Gasteiger charge is -2.20. The molecule has 0 saturated heterocycles. The molecule has 0 aromatic heterocycles. The van der Waals surface area contributed by atoms with E-state index < -0.39 is 0 Å². The molecule has 132 valence electrons. The van der Waals surface area contributed by atoms with Crippen LogP contribution in [0, 0.1) is 11.3 Å². The molecule has 1 aliphatic carbocycles. The molecule has 0 unspecified atom stereocenters. The number of carbonyl (C=O) groups excluding carboxylic acids is 1. The van der Waals surface area contributed by atoms with Crippen molar-refractivity contribution >= 4 is 17.7 Å². The van der Waals surface area contributed by atoms with Gasteiger partial charge in [-0.2, -0.15) is 5.26 Å². The highest BCUT2D eigenvalue weighted by Gasteiger charge is 2.35. The summed E-state index contributed by atoms with van der Waals surface area (Å²) < 4.78 is 5.11. The van der Waals surface area contributed by atoms with Crippen LogP contribution in [0.4, 0.5) is 5.69 Å². The topological polar surface area (TPSA) is 62.1 Å². The number of nitrogens with one attached hydrogen (secondary N) is 1. The highest BCUT2D eigenvalue weighted by molar-refractivity contribution is 6.01. The monoisotopic (exact) mass is 346 g/mol. The molecular formula is C22H22N2O2. The van der Waals surface area contributed by atoms with E-state index >= 15 is 0 Å². The quantitative estimate of drug-likeness (QED) is 0.799. The van der Waals surface area contributed by atoms with Gasteiger partial charge in [-0.05, 0) is 54.3 Å². The lowest BCUT2D eigenvalue weighted by atomic mass is 9.80. The Hall–Kier alpha value is -3.06. The van der Waals surface area contributed by atoms with E-state index in [2.05, 4.69) is 11.4 Å². The van der Waals surface area contributed by atoms with Gasteiger partial charge in [0.2, 0.25) is 5.91 Å². The molecule has 1 amide bonds. The molecule has 0 bridgehead atoms. The molecule has 2 aromatic carbocycles. The van der Waals surface area contributed by atoms with E-state index in [0.29, 0.717) is 0 Å². The van der Waals surface area contributed by atoms with E-state index in [1.165, 1.54) is 6.08 Å².